The van der Waals surface area contributed by atoms with Crippen LogP contribution in [0.4, 0.5) is 4.79 Å². The van der Waals surface area contributed by atoms with E-state index < -0.39 is 54.5 Å². The van der Waals surface area contributed by atoms with E-state index in [9.17, 15) is 24.0 Å². The second kappa shape index (κ2) is 16.5. The molecule has 0 saturated heterocycles. The fraction of sp³-hybridized carbons (Fsp3) is 0.414. The lowest BCUT2D eigenvalue weighted by Gasteiger charge is -2.21. The van der Waals surface area contributed by atoms with Gasteiger partial charge in [0.15, 0.2) is 0 Å². The summed E-state index contributed by atoms with van der Waals surface area (Å²) >= 11 is 0. The minimum atomic E-state index is -1.02. The van der Waals surface area contributed by atoms with E-state index in [0.717, 1.165) is 11.1 Å². The highest BCUT2D eigenvalue weighted by atomic mass is 16.5. The normalized spacial score (nSPS) is 12.8. The zero-order chi connectivity index (χ0) is 29.5. The van der Waals surface area contributed by atoms with Crippen molar-refractivity contribution in [3.05, 3.63) is 71.8 Å². The van der Waals surface area contributed by atoms with E-state index in [0.29, 0.717) is 6.42 Å². The Balaban J connectivity index is 1.92. The largest absolute Gasteiger partial charge is 0.467 e. The summed E-state index contributed by atoms with van der Waals surface area (Å²) in [6, 6.07) is 15.3. The van der Waals surface area contributed by atoms with Gasteiger partial charge in [0.05, 0.1) is 13.7 Å². The van der Waals surface area contributed by atoms with Gasteiger partial charge in [0, 0.05) is 6.42 Å². The van der Waals surface area contributed by atoms with Crippen molar-refractivity contribution in [1.29, 1.82) is 0 Å². The monoisotopic (exact) mass is 554 g/mol. The quantitative estimate of drug-likeness (QED) is 0.260. The lowest BCUT2D eigenvalue weighted by atomic mass is 10.0. The first-order valence-electron chi connectivity index (χ1n) is 13.1. The summed E-state index contributed by atoms with van der Waals surface area (Å²) < 4.78 is 9.99. The first-order valence-corrected chi connectivity index (χ1v) is 13.1. The molecule has 0 aliphatic rings. The SMILES string of the molecule is COC(=O)[C@H](CC(C)C)NC(=O)[C@H](C)NC(=O)CNC(=O)[C@H](Cc1ccccc1)NC(=O)OCc1ccccc1. The number of carbonyl (C=O) groups excluding carboxylic acids is 5. The maximum Gasteiger partial charge on any atom is 0.408 e. The van der Waals surface area contributed by atoms with Gasteiger partial charge >= 0.3 is 12.1 Å². The molecule has 4 amide bonds. The molecule has 2 aromatic rings. The van der Waals surface area contributed by atoms with Gasteiger partial charge in [0.25, 0.3) is 0 Å². The first-order chi connectivity index (χ1) is 19.1. The molecule has 0 fully saturated rings. The van der Waals surface area contributed by atoms with Crippen molar-refractivity contribution in [2.24, 2.45) is 5.92 Å². The molecule has 11 heteroatoms. The van der Waals surface area contributed by atoms with E-state index in [-0.39, 0.29) is 18.9 Å². The highest BCUT2D eigenvalue weighted by Crippen LogP contribution is 2.07. The summed E-state index contributed by atoms with van der Waals surface area (Å²) in [4.78, 5) is 62.4. The Bertz CT molecular complexity index is 1130. The number of carbonyl (C=O) groups is 5. The summed E-state index contributed by atoms with van der Waals surface area (Å²) in [5.74, 6) is -2.25. The summed E-state index contributed by atoms with van der Waals surface area (Å²) in [5, 5.41) is 10.1. The standard InChI is InChI=1S/C29H38N4O7/c1-19(2)15-24(28(37)39-4)32-26(35)20(3)31-25(34)17-30-27(36)23(16-21-11-7-5-8-12-21)33-29(38)40-18-22-13-9-6-10-14-22/h5-14,19-20,23-24H,15-18H2,1-4H3,(H,30,36)(H,31,34)(H,32,35)(H,33,38)/t20-,23-,24-/m0/s1. The number of rotatable bonds is 14. The van der Waals surface area contributed by atoms with Crippen LogP contribution in [0.2, 0.25) is 0 Å². The summed E-state index contributed by atoms with van der Waals surface area (Å²) in [6.07, 6.45) is -0.243. The van der Waals surface area contributed by atoms with Crippen molar-refractivity contribution in [3.63, 3.8) is 0 Å². The number of hydrogen-bond donors (Lipinski definition) is 4. The lowest BCUT2D eigenvalue weighted by Crippen LogP contribution is -2.53. The number of methoxy groups -OCH3 is 1. The maximum atomic E-state index is 12.9. The Labute approximate surface area is 234 Å². The van der Waals surface area contributed by atoms with Gasteiger partial charge in [-0.3, -0.25) is 14.4 Å². The van der Waals surface area contributed by atoms with Crippen molar-refractivity contribution in [1.82, 2.24) is 21.3 Å². The molecule has 11 nitrogen and oxygen atoms in total. The van der Waals surface area contributed by atoms with Crippen LogP contribution in [0.5, 0.6) is 0 Å². The Morgan fingerprint density at radius 2 is 1.35 bits per heavy atom. The number of nitrogens with one attached hydrogen (secondary N) is 4. The van der Waals surface area contributed by atoms with E-state index in [2.05, 4.69) is 21.3 Å². The fourth-order valence-electron chi connectivity index (χ4n) is 3.74. The Morgan fingerprint density at radius 1 is 0.750 bits per heavy atom. The van der Waals surface area contributed by atoms with Gasteiger partial charge < -0.3 is 30.7 Å². The van der Waals surface area contributed by atoms with E-state index in [1.165, 1.54) is 14.0 Å². The summed E-state index contributed by atoms with van der Waals surface area (Å²) in [5.41, 5.74) is 1.58. The van der Waals surface area contributed by atoms with Crippen LogP contribution in [0.3, 0.4) is 0 Å². The molecule has 40 heavy (non-hydrogen) atoms. The molecular formula is C29H38N4O7. The smallest absolute Gasteiger partial charge is 0.408 e. The van der Waals surface area contributed by atoms with E-state index in [1.54, 1.807) is 12.1 Å². The van der Waals surface area contributed by atoms with Crippen LogP contribution in [0.15, 0.2) is 60.7 Å². The van der Waals surface area contributed by atoms with Gasteiger partial charge in [0.1, 0.15) is 24.7 Å². The highest BCUT2D eigenvalue weighted by molar-refractivity contribution is 5.93. The van der Waals surface area contributed by atoms with Crippen molar-refractivity contribution < 1.29 is 33.4 Å². The topological polar surface area (TPSA) is 152 Å². The summed E-state index contributed by atoms with van der Waals surface area (Å²) in [7, 11) is 1.23. The second-order valence-electron chi connectivity index (χ2n) is 9.67. The molecule has 2 rings (SSSR count). The van der Waals surface area contributed by atoms with Crippen LogP contribution in [-0.4, -0.2) is 61.6 Å². The van der Waals surface area contributed by atoms with E-state index in [4.69, 9.17) is 9.47 Å². The molecule has 0 aliphatic heterocycles. The van der Waals surface area contributed by atoms with E-state index in [1.807, 2.05) is 62.4 Å². The molecule has 0 aliphatic carbocycles. The van der Waals surface area contributed by atoms with Gasteiger partial charge in [-0.1, -0.05) is 74.5 Å². The molecule has 0 radical (unpaired) electrons. The molecule has 0 heterocycles. The van der Waals surface area contributed by atoms with Gasteiger partial charge in [-0.25, -0.2) is 9.59 Å². The van der Waals surface area contributed by atoms with Crippen LogP contribution in [0.25, 0.3) is 0 Å². The average Bonchev–Trinajstić information content (AvgIpc) is 2.94. The number of hydrogen-bond acceptors (Lipinski definition) is 7. The van der Waals surface area contributed by atoms with Crippen LogP contribution in [0, 0.1) is 5.92 Å². The predicted octanol–water partition coefficient (Wildman–Crippen LogP) is 1.85. The number of alkyl carbamates (subject to hydrolysis) is 1. The van der Waals surface area contributed by atoms with Crippen molar-refractivity contribution >= 4 is 29.8 Å². The number of ether oxygens (including phenoxy) is 2. The Kier molecular flexibility index (Phi) is 13.1. The minimum absolute atomic E-state index is 0.0305. The third-order valence-electron chi connectivity index (χ3n) is 5.81. The van der Waals surface area contributed by atoms with Crippen LogP contribution in [-0.2, 0) is 41.7 Å². The third-order valence-corrected chi connectivity index (χ3v) is 5.81. The van der Waals surface area contributed by atoms with Gasteiger partial charge in [0.2, 0.25) is 17.7 Å². The zero-order valence-electron chi connectivity index (χ0n) is 23.3. The highest BCUT2D eigenvalue weighted by Gasteiger charge is 2.26. The molecule has 0 spiro atoms. The minimum Gasteiger partial charge on any atom is -0.467 e. The molecule has 216 valence electrons. The third kappa shape index (κ3) is 11.5. The van der Waals surface area contributed by atoms with Crippen molar-refractivity contribution in [3.8, 4) is 0 Å². The molecular weight excluding hydrogens is 516 g/mol. The van der Waals surface area contributed by atoms with Gasteiger partial charge in [-0.2, -0.15) is 0 Å². The Hall–Kier alpha value is -4.41. The number of esters is 1. The molecule has 0 bridgehead atoms. The molecule has 4 N–H and O–H groups in total. The maximum absolute atomic E-state index is 12.9. The lowest BCUT2D eigenvalue weighted by molar-refractivity contribution is -0.145. The van der Waals surface area contributed by atoms with Crippen LogP contribution < -0.4 is 21.3 Å². The number of benzene rings is 2. The van der Waals surface area contributed by atoms with Gasteiger partial charge in [-0.15, -0.1) is 0 Å². The van der Waals surface area contributed by atoms with Gasteiger partial charge in [-0.05, 0) is 30.4 Å². The molecule has 0 saturated carbocycles. The van der Waals surface area contributed by atoms with Crippen LogP contribution in [0.1, 0.15) is 38.3 Å². The molecule has 3 atom stereocenters. The van der Waals surface area contributed by atoms with Crippen LogP contribution >= 0.6 is 0 Å². The van der Waals surface area contributed by atoms with E-state index >= 15 is 0 Å². The molecule has 0 aromatic heterocycles. The van der Waals surface area contributed by atoms with Crippen molar-refractivity contribution in [2.75, 3.05) is 13.7 Å². The average molecular weight is 555 g/mol. The Morgan fingerprint density at radius 3 is 1.93 bits per heavy atom. The predicted molar refractivity (Wildman–Crippen MR) is 148 cm³/mol. The molecule has 2 aromatic carbocycles. The second-order valence-corrected chi connectivity index (χ2v) is 9.67. The molecule has 0 unspecified atom stereocenters. The fourth-order valence-corrected chi connectivity index (χ4v) is 3.74. The zero-order valence-corrected chi connectivity index (χ0v) is 23.3. The first kappa shape index (κ1) is 31.8. The number of amides is 4. The van der Waals surface area contributed by atoms with Crippen molar-refractivity contribution in [2.45, 2.75) is 58.3 Å². The summed E-state index contributed by atoms with van der Waals surface area (Å²) in [6.45, 7) is 4.86.